The van der Waals surface area contributed by atoms with Crippen LogP contribution in [0.15, 0.2) is 47.4 Å². The minimum Gasteiger partial charge on any atom is -0.550 e. The number of hydrogen-bond donors (Lipinski definition) is 2. The fourth-order valence-electron chi connectivity index (χ4n) is 2.18. The van der Waals surface area contributed by atoms with Crippen molar-refractivity contribution in [1.29, 1.82) is 0 Å². The van der Waals surface area contributed by atoms with Gasteiger partial charge < -0.3 is 15.2 Å². The maximum absolute atomic E-state index is 12.4. The number of hydrogen-bond acceptors (Lipinski definition) is 5. The van der Waals surface area contributed by atoms with E-state index in [1.54, 1.807) is 12.1 Å². The van der Waals surface area contributed by atoms with Crippen molar-refractivity contribution in [3.63, 3.8) is 0 Å². The van der Waals surface area contributed by atoms with E-state index in [1.165, 1.54) is 24.3 Å². The predicted octanol–water partition coefficient (Wildman–Crippen LogP) is 1.57. The molecule has 7 nitrogen and oxygen atoms in total. The molecule has 0 aromatic heterocycles. The van der Waals surface area contributed by atoms with Gasteiger partial charge in [-0.25, -0.2) is 8.42 Å². The van der Waals surface area contributed by atoms with Gasteiger partial charge >= 0.3 is 0 Å². The number of carboxylic acids is 1. The molecule has 0 aliphatic carbocycles. The van der Waals surface area contributed by atoms with Gasteiger partial charge in [0.1, 0.15) is 0 Å². The first-order chi connectivity index (χ1) is 12.2. The molecule has 1 amide bonds. The number of carbonyl (C=O) groups excluding carboxylic acids is 2. The van der Waals surface area contributed by atoms with Crippen LogP contribution in [0.1, 0.15) is 24.0 Å². The largest absolute Gasteiger partial charge is 0.550 e. The summed E-state index contributed by atoms with van der Waals surface area (Å²) in [6.07, 6.45) is -0.588. The van der Waals surface area contributed by atoms with E-state index in [4.69, 9.17) is 0 Å². The number of benzene rings is 2. The molecule has 0 bridgehead atoms. The Hall–Kier alpha value is -2.87. The van der Waals surface area contributed by atoms with E-state index in [0.29, 0.717) is 11.4 Å². The number of aryl methyl sites for hydroxylation is 2. The maximum Gasteiger partial charge on any atom is 0.261 e. The maximum atomic E-state index is 12.4. The molecule has 0 radical (unpaired) electrons. The van der Waals surface area contributed by atoms with Gasteiger partial charge in [-0.05, 0) is 67.8 Å². The molecular weight excluding hydrogens is 356 g/mol. The first kappa shape index (κ1) is 19.5. The van der Waals surface area contributed by atoms with Crippen LogP contribution in [0.5, 0.6) is 0 Å². The van der Waals surface area contributed by atoms with Crippen LogP contribution in [0, 0.1) is 13.8 Å². The minimum atomic E-state index is -3.76. The van der Waals surface area contributed by atoms with Crippen molar-refractivity contribution in [3.8, 4) is 0 Å². The van der Waals surface area contributed by atoms with Gasteiger partial charge in [-0.15, -0.1) is 0 Å². The van der Waals surface area contributed by atoms with Crippen molar-refractivity contribution in [2.24, 2.45) is 0 Å². The number of sulfonamides is 1. The van der Waals surface area contributed by atoms with Gasteiger partial charge in [0.05, 0.1) is 4.90 Å². The van der Waals surface area contributed by atoms with Crippen molar-refractivity contribution >= 4 is 33.3 Å². The second-order valence-electron chi connectivity index (χ2n) is 5.85. The van der Waals surface area contributed by atoms with Crippen LogP contribution in [0.25, 0.3) is 0 Å². The zero-order valence-electron chi connectivity index (χ0n) is 14.4. The number of anilines is 2. The van der Waals surface area contributed by atoms with Gasteiger partial charge in [-0.2, -0.15) is 0 Å². The normalized spacial score (nSPS) is 11.0. The summed E-state index contributed by atoms with van der Waals surface area (Å²) in [6, 6.07) is 10.9. The number of amides is 1. The molecule has 138 valence electrons. The van der Waals surface area contributed by atoms with Gasteiger partial charge in [0, 0.05) is 23.8 Å². The van der Waals surface area contributed by atoms with E-state index >= 15 is 0 Å². The Labute approximate surface area is 152 Å². The number of aliphatic carboxylic acids is 1. The zero-order valence-corrected chi connectivity index (χ0v) is 15.2. The molecule has 0 saturated carbocycles. The standard InChI is InChI=1S/C18H20N2O5S/c1-12-3-4-15(11-13(12)2)20-26(24,25)16-7-5-14(6-8-16)19-17(21)9-10-18(22)23/h3-8,11,20H,9-10H2,1-2H3,(H,19,21)(H,22,23)/p-1. The molecule has 0 heterocycles. The fourth-order valence-corrected chi connectivity index (χ4v) is 3.22. The zero-order chi connectivity index (χ0) is 19.3. The lowest BCUT2D eigenvalue weighted by Crippen LogP contribution is -2.24. The summed E-state index contributed by atoms with van der Waals surface area (Å²) in [5.74, 6) is -1.79. The van der Waals surface area contributed by atoms with Crippen molar-refractivity contribution in [2.45, 2.75) is 31.6 Å². The second kappa shape index (κ2) is 8.01. The number of rotatable bonds is 7. The lowest BCUT2D eigenvalue weighted by molar-refractivity contribution is -0.305. The molecule has 0 aliphatic heterocycles. The van der Waals surface area contributed by atoms with Crippen LogP contribution in [-0.4, -0.2) is 20.3 Å². The summed E-state index contributed by atoms with van der Waals surface area (Å²) in [7, 11) is -3.76. The Balaban J connectivity index is 2.07. The lowest BCUT2D eigenvalue weighted by atomic mass is 10.1. The molecule has 0 atom stereocenters. The van der Waals surface area contributed by atoms with Crippen LogP contribution >= 0.6 is 0 Å². The summed E-state index contributed by atoms with van der Waals surface area (Å²) in [5, 5.41) is 12.8. The lowest BCUT2D eigenvalue weighted by Gasteiger charge is -2.11. The summed E-state index contributed by atoms with van der Waals surface area (Å²) < 4.78 is 27.4. The molecule has 0 unspecified atom stereocenters. The van der Waals surface area contributed by atoms with Crippen LogP contribution in [0.4, 0.5) is 11.4 Å². The smallest absolute Gasteiger partial charge is 0.261 e. The van der Waals surface area contributed by atoms with Crippen molar-refractivity contribution in [1.82, 2.24) is 0 Å². The second-order valence-corrected chi connectivity index (χ2v) is 7.53. The van der Waals surface area contributed by atoms with Gasteiger partial charge in [0.2, 0.25) is 5.91 Å². The van der Waals surface area contributed by atoms with Crippen molar-refractivity contribution < 1.29 is 23.1 Å². The number of nitrogens with one attached hydrogen (secondary N) is 2. The molecule has 8 heteroatoms. The molecular formula is C18H19N2O5S-. The Morgan fingerprint density at radius 3 is 2.12 bits per heavy atom. The van der Waals surface area contributed by atoms with E-state index in [-0.39, 0.29) is 17.7 Å². The van der Waals surface area contributed by atoms with E-state index in [2.05, 4.69) is 10.0 Å². The number of carboxylic acid groups (broad SMARTS) is 1. The molecule has 0 spiro atoms. The molecule has 2 aromatic rings. The monoisotopic (exact) mass is 375 g/mol. The SMILES string of the molecule is Cc1ccc(NS(=O)(=O)c2ccc(NC(=O)CCC(=O)[O-])cc2)cc1C. The Kier molecular flexibility index (Phi) is 5.99. The van der Waals surface area contributed by atoms with E-state index in [0.717, 1.165) is 11.1 Å². The Bertz CT molecular complexity index is 921. The van der Waals surface area contributed by atoms with E-state index < -0.39 is 21.9 Å². The topological polar surface area (TPSA) is 115 Å². The van der Waals surface area contributed by atoms with E-state index in [1.807, 2.05) is 19.9 Å². The van der Waals surface area contributed by atoms with Crippen molar-refractivity contribution in [3.05, 3.63) is 53.6 Å². The predicted molar refractivity (Wildman–Crippen MR) is 96.0 cm³/mol. The van der Waals surface area contributed by atoms with Crippen LogP contribution in [0.3, 0.4) is 0 Å². The molecule has 0 aliphatic rings. The third kappa shape index (κ3) is 5.32. The fraction of sp³-hybridized carbons (Fsp3) is 0.222. The van der Waals surface area contributed by atoms with Gasteiger partial charge in [-0.3, -0.25) is 9.52 Å². The average molecular weight is 375 g/mol. The van der Waals surface area contributed by atoms with Gasteiger partial charge in [0.25, 0.3) is 10.0 Å². The molecule has 0 saturated heterocycles. The van der Waals surface area contributed by atoms with Crippen LogP contribution in [-0.2, 0) is 19.6 Å². The van der Waals surface area contributed by atoms with Crippen molar-refractivity contribution in [2.75, 3.05) is 10.0 Å². The molecule has 0 fully saturated rings. The van der Waals surface area contributed by atoms with Crippen LogP contribution < -0.4 is 15.1 Å². The summed E-state index contributed by atoms with van der Waals surface area (Å²) in [6.45, 7) is 3.83. The quantitative estimate of drug-likeness (QED) is 0.762. The molecule has 2 N–H and O–H groups in total. The highest BCUT2D eigenvalue weighted by atomic mass is 32.2. The number of carbonyl (C=O) groups is 2. The Morgan fingerprint density at radius 2 is 1.54 bits per heavy atom. The van der Waals surface area contributed by atoms with E-state index in [9.17, 15) is 23.1 Å². The minimum absolute atomic E-state index is 0.0449. The third-order valence-electron chi connectivity index (χ3n) is 3.76. The summed E-state index contributed by atoms with van der Waals surface area (Å²) >= 11 is 0. The first-order valence-electron chi connectivity index (χ1n) is 7.87. The summed E-state index contributed by atoms with van der Waals surface area (Å²) in [5.41, 5.74) is 2.87. The molecule has 2 aromatic carbocycles. The summed E-state index contributed by atoms with van der Waals surface area (Å²) in [4.78, 5) is 21.9. The highest BCUT2D eigenvalue weighted by Gasteiger charge is 2.14. The van der Waals surface area contributed by atoms with Crippen LogP contribution in [0.2, 0.25) is 0 Å². The third-order valence-corrected chi connectivity index (χ3v) is 5.16. The van der Waals surface area contributed by atoms with Gasteiger partial charge in [0.15, 0.2) is 0 Å². The Morgan fingerprint density at radius 1 is 0.923 bits per heavy atom. The van der Waals surface area contributed by atoms with Gasteiger partial charge in [-0.1, -0.05) is 6.07 Å². The molecule has 26 heavy (non-hydrogen) atoms. The molecule has 2 rings (SSSR count). The average Bonchev–Trinajstić information content (AvgIpc) is 2.56. The highest BCUT2D eigenvalue weighted by Crippen LogP contribution is 2.20. The first-order valence-corrected chi connectivity index (χ1v) is 9.35. The highest BCUT2D eigenvalue weighted by molar-refractivity contribution is 7.92.